The zero-order valence-corrected chi connectivity index (χ0v) is 21.8. The number of rotatable bonds is 10. The van der Waals surface area contributed by atoms with Crippen LogP contribution < -0.4 is 5.32 Å². The fraction of sp³-hybridized carbons (Fsp3) is 0.400. The van der Waals surface area contributed by atoms with Gasteiger partial charge in [0.1, 0.15) is 10.7 Å². The Morgan fingerprint density at radius 2 is 2.03 bits per heavy atom. The molecule has 0 amide bonds. The average Bonchev–Trinajstić information content (AvgIpc) is 3.28. The fourth-order valence-corrected chi connectivity index (χ4v) is 4.71. The van der Waals surface area contributed by atoms with Gasteiger partial charge in [-0.1, -0.05) is 23.7 Å². The molecule has 0 aliphatic rings. The van der Waals surface area contributed by atoms with Gasteiger partial charge in [-0.15, -0.1) is 17.9 Å². The minimum absolute atomic E-state index is 0.620. The summed E-state index contributed by atoms with van der Waals surface area (Å²) in [5.41, 5.74) is 5.02. The van der Waals surface area contributed by atoms with Crippen molar-refractivity contribution in [2.24, 2.45) is 7.05 Å². The standard InChI is InChI=1S/C13H15ClN2S.C12H19N3O/c1-8-4-10(6-11(14)5-8)7-12-16-9(2)13(15-3)17-12;1-4-5-6-7-14(2)9-11-8-12(10-16)15(3)13-11/h4-6,15H,7H2,1-3H3;4,8,10H,1,5-7,9H2,2-3H3. The average molecular weight is 488 g/mol. The van der Waals surface area contributed by atoms with Crippen molar-refractivity contribution in [2.75, 3.05) is 26.0 Å². The molecule has 6 nitrogen and oxygen atoms in total. The maximum absolute atomic E-state index is 10.7. The number of aryl methyl sites for hydroxylation is 3. The molecule has 1 aromatic carbocycles. The van der Waals surface area contributed by atoms with E-state index in [-0.39, 0.29) is 0 Å². The summed E-state index contributed by atoms with van der Waals surface area (Å²) in [5.74, 6) is 0. The normalized spacial score (nSPS) is 10.6. The number of aldehydes is 1. The molecule has 0 fully saturated rings. The second kappa shape index (κ2) is 13.3. The molecular formula is C25H34ClN5OS. The van der Waals surface area contributed by atoms with Crippen LogP contribution in [0.5, 0.6) is 0 Å². The monoisotopic (exact) mass is 487 g/mol. The van der Waals surface area contributed by atoms with Gasteiger partial charge >= 0.3 is 0 Å². The Kier molecular flexibility index (Phi) is 10.8. The molecule has 1 N–H and O–H groups in total. The number of unbranched alkanes of at least 4 members (excludes halogenated alkanes) is 1. The van der Waals surface area contributed by atoms with Crippen LogP contribution in [0.3, 0.4) is 0 Å². The Labute approximate surface area is 206 Å². The molecule has 0 radical (unpaired) electrons. The number of thiazole rings is 1. The minimum atomic E-state index is 0.620. The summed E-state index contributed by atoms with van der Waals surface area (Å²) < 4.78 is 1.61. The maximum atomic E-state index is 10.7. The third-order valence-electron chi connectivity index (χ3n) is 4.99. The Morgan fingerprint density at radius 3 is 2.61 bits per heavy atom. The Balaban J connectivity index is 0.000000234. The van der Waals surface area contributed by atoms with Gasteiger partial charge in [0.15, 0.2) is 6.29 Å². The summed E-state index contributed by atoms with van der Waals surface area (Å²) in [6.07, 6.45) is 5.74. The molecule has 0 atom stereocenters. The molecule has 0 aliphatic carbocycles. The lowest BCUT2D eigenvalue weighted by Crippen LogP contribution is -2.19. The van der Waals surface area contributed by atoms with E-state index in [1.807, 2.05) is 38.2 Å². The predicted molar refractivity (Wildman–Crippen MR) is 140 cm³/mol. The minimum Gasteiger partial charge on any atom is -0.378 e. The van der Waals surface area contributed by atoms with Gasteiger partial charge in [0.2, 0.25) is 0 Å². The van der Waals surface area contributed by atoms with Gasteiger partial charge in [0.05, 0.1) is 16.4 Å². The van der Waals surface area contributed by atoms with Gasteiger partial charge < -0.3 is 10.2 Å². The van der Waals surface area contributed by atoms with Crippen molar-refractivity contribution < 1.29 is 4.79 Å². The number of hydrogen-bond donors (Lipinski definition) is 1. The third-order valence-corrected chi connectivity index (χ3v) is 6.39. The zero-order chi connectivity index (χ0) is 24.4. The number of nitrogens with zero attached hydrogens (tertiary/aromatic N) is 4. The lowest BCUT2D eigenvalue weighted by Gasteiger charge is -2.13. The van der Waals surface area contributed by atoms with Crippen LogP contribution in [0.1, 0.15) is 50.9 Å². The van der Waals surface area contributed by atoms with Crippen molar-refractivity contribution in [2.45, 2.75) is 39.7 Å². The van der Waals surface area contributed by atoms with Crippen LogP contribution in [0, 0.1) is 13.8 Å². The lowest BCUT2D eigenvalue weighted by molar-refractivity contribution is 0.111. The second-order valence-corrected chi connectivity index (χ2v) is 9.58. The van der Waals surface area contributed by atoms with Crippen LogP contribution in [0.4, 0.5) is 5.00 Å². The van der Waals surface area contributed by atoms with Gasteiger partial charge in [-0.3, -0.25) is 9.48 Å². The first-order valence-electron chi connectivity index (χ1n) is 10.9. The van der Waals surface area contributed by atoms with E-state index in [9.17, 15) is 4.79 Å². The van der Waals surface area contributed by atoms with Gasteiger partial charge in [-0.05, 0) is 69.6 Å². The molecule has 178 valence electrons. The van der Waals surface area contributed by atoms with Crippen molar-refractivity contribution in [3.63, 3.8) is 0 Å². The summed E-state index contributed by atoms with van der Waals surface area (Å²) in [6, 6.07) is 7.96. The van der Waals surface area contributed by atoms with Crippen LogP contribution in [-0.2, 0) is 20.0 Å². The number of benzene rings is 1. The van der Waals surface area contributed by atoms with E-state index >= 15 is 0 Å². The summed E-state index contributed by atoms with van der Waals surface area (Å²) >= 11 is 7.75. The SMILES string of the molecule is C=CCCCN(C)Cc1cc(C=O)n(C)n1.CNc1sc(Cc2cc(C)cc(Cl)c2)nc1C. The zero-order valence-electron chi connectivity index (χ0n) is 20.2. The summed E-state index contributed by atoms with van der Waals surface area (Å²) in [4.78, 5) is 17.4. The van der Waals surface area contributed by atoms with E-state index in [1.54, 1.807) is 23.1 Å². The molecule has 0 spiro atoms. The number of nitrogens with one attached hydrogen (secondary N) is 1. The van der Waals surface area contributed by atoms with E-state index in [0.29, 0.717) is 5.69 Å². The summed E-state index contributed by atoms with van der Waals surface area (Å²) in [7, 11) is 5.76. The molecule has 0 saturated heterocycles. The van der Waals surface area contributed by atoms with Crippen molar-refractivity contribution in [3.8, 4) is 0 Å². The van der Waals surface area contributed by atoms with Crippen molar-refractivity contribution in [1.29, 1.82) is 0 Å². The topological polar surface area (TPSA) is 63.1 Å². The highest BCUT2D eigenvalue weighted by Crippen LogP contribution is 2.26. The first-order chi connectivity index (χ1) is 15.7. The fourth-order valence-electron chi connectivity index (χ4n) is 3.44. The number of hydrogen-bond acceptors (Lipinski definition) is 6. The highest BCUT2D eigenvalue weighted by atomic mass is 35.5. The van der Waals surface area contributed by atoms with Crippen LogP contribution in [0.25, 0.3) is 0 Å². The van der Waals surface area contributed by atoms with Gasteiger partial charge in [0, 0.05) is 32.1 Å². The number of allylic oxidation sites excluding steroid dienone is 1. The Hall–Kier alpha value is -2.48. The van der Waals surface area contributed by atoms with Crippen molar-refractivity contribution >= 4 is 34.2 Å². The molecule has 0 aliphatic heterocycles. The smallest absolute Gasteiger partial charge is 0.168 e. The molecule has 33 heavy (non-hydrogen) atoms. The van der Waals surface area contributed by atoms with Crippen LogP contribution in [0.15, 0.2) is 36.9 Å². The molecule has 3 aromatic rings. The molecule has 2 aromatic heterocycles. The third kappa shape index (κ3) is 8.76. The van der Waals surface area contributed by atoms with Crippen LogP contribution in [-0.4, -0.2) is 46.6 Å². The second-order valence-electron chi connectivity index (χ2n) is 8.06. The molecule has 3 rings (SSSR count). The van der Waals surface area contributed by atoms with E-state index in [0.717, 1.165) is 65.1 Å². The van der Waals surface area contributed by atoms with Gasteiger partial charge in [0.25, 0.3) is 0 Å². The maximum Gasteiger partial charge on any atom is 0.168 e. The molecule has 0 unspecified atom stereocenters. The van der Waals surface area contributed by atoms with Crippen LogP contribution >= 0.6 is 22.9 Å². The van der Waals surface area contributed by atoms with Gasteiger partial charge in [-0.25, -0.2) is 4.98 Å². The van der Waals surface area contributed by atoms with E-state index < -0.39 is 0 Å². The highest BCUT2D eigenvalue weighted by Gasteiger charge is 2.08. The number of carbonyl (C=O) groups excluding carboxylic acids is 1. The van der Waals surface area contributed by atoms with Gasteiger partial charge in [-0.2, -0.15) is 5.10 Å². The van der Waals surface area contributed by atoms with Crippen molar-refractivity contribution in [3.05, 3.63) is 75.2 Å². The van der Waals surface area contributed by atoms with Crippen LogP contribution in [0.2, 0.25) is 5.02 Å². The van der Waals surface area contributed by atoms with E-state index in [4.69, 9.17) is 11.6 Å². The molecule has 0 bridgehead atoms. The molecule has 2 heterocycles. The van der Waals surface area contributed by atoms with E-state index in [1.165, 1.54) is 11.1 Å². The van der Waals surface area contributed by atoms with E-state index in [2.05, 4.69) is 46.9 Å². The number of halogens is 1. The molecular weight excluding hydrogens is 454 g/mol. The number of aromatic nitrogens is 3. The number of carbonyl (C=O) groups is 1. The summed E-state index contributed by atoms with van der Waals surface area (Å²) in [5, 5.41) is 10.5. The Bertz CT molecular complexity index is 1040. The molecule has 0 saturated carbocycles. The lowest BCUT2D eigenvalue weighted by atomic mass is 10.1. The number of anilines is 1. The summed E-state index contributed by atoms with van der Waals surface area (Å²) in [6.45, 7) is 9.56. The predicted octanol–water partition coefficient (Wildman–Crippen LogP) is 5.68. The first-order valence-corrected chi connectivity index (χ1v) is 12.1. The largest absolute Gasteiger partial charge is 0.378 e. The van der Waals surface area contributed by atoms with Crippen molar-refractivity contribution in [1.82, 2.24) is 19.7 Å². The first kappa shape index (κ1) is 26.8. The highest BCUT2D eigenvalue weighted by molar-refractivity contribution is 7.15. The molecule has 8 heteroatoms. The quantitative estimate of drug-likeness (QED) is 0.226. The Morgan fingerprint density at radius 1 is 1.27 bits per heavy atom.